The molecule has 0 aromatic heterocycles. The van der Waals surface area contributed by atoms with Gasteiger partial charge in [0, 0.05) is 11.9 Å². The quantitative estimate of drug-likeness (QED) is 0.584. The fourth-order valence-corrected chi connectivity index (χ4v) is 1.40. The molecule has 0 aliphatic heterocycles. The molecule has 0 saturated heterocycles. The molecule has 1 nitrogen and oxygen atoms in total. The zero-order valence-electron chi connectivity index (χ0n) is 8.10. The molecule has 0 aliphatic carbocycles. The van der Waals surface area contributed by atoms with Crippen molar-refractivity contribution in [1.29, 1.82) is 0 Å². The van der Waals surface area contributed by atoms with Crippen LogP contribution < -0.4 is 0 Å². The Labute approximate surface area is 75.7 Å². The second-order valence-corrected chi connectivity index (χ2v) is 3.83. The molecular weight excluding hydrogens is 158 g/mol. The van der Waals surface area contributed by atoms with Crippen LogP contribution in [-0.2, 0) is 0 Å². The number of hydrogen-bond acceptors (Lipinski definition) is 1. The van der Waals surface area contributed by atoms with Gasteiger partial charge in [-0.1, -0.05) is 13.8 Å². The second kappa shape index (κ2) is 5.84. The Bertz CT molecular complexity index is 93.6. The SMILES string of the molecule is CCC(CC(C)CCl)N(C)C. The van der Waals surface area contributed by atoms with Crippen LogP contribution in [0.25, 0.3) is 0 Å². The summed E-state index contributed by atoms with van der Waals surface area (Å²) < 4.78 is 0. The van der Waals surface area contributed by atoms with E-state index in [1.807, 2.05) is 0 Å². The highest BCUT2D eigenvalue weighted by molar-refractivity contribution is 6.18. The molecule has 0 spiro atoms. The minimum absolute atomic E-state index is 0.643. The normalized spacial score (nSPS) is 16.9. The van der Waals surface area contributed by atoms with Crippen LogP contribution in [0.4, 0.5) is 0 Å². The van der Waals surface area contributed by atoms with Gasteiger partial charge in [0.05, 0.1) is 0 Å². The number of halogens is 1. The van der Waals surface area contributed by atoms with Gasteiger partial charge in [0.1, 0.15) is 0 Å². The van der Waals surface area contributed by atoms with E-state index in [1.165, 1.54) is 12.8 Å². The minimum atomic E-state index is 0.643. The fourth-order valence-electron chi connectivity index (χ4n) is 1.27. The summed E-state index contributed by atoms with van der Waals surface area (Å²) in [7, 11) is 4.27. The fraction of sp³-hybridized carbons (Fsp3) is 1.00. The van der Waals surface area contributed by atoms with Crippen LogP contribution in [0.2, 0.25) is 0 Å². The van der Waals surface area contributed by atoms with Gasteiger partial charge in [0.15, 0.2) is 0 Å². The van der Waals surface area contributed by atoms with Crippen LogP contribution in [0.15, 0.2) is 0 Å². The highest BCUT2D eigenvalue weighted by atomic mass is 35.5. The first-order valence-corrected chi connectivity index (χ1v) is 4.87. The van der Waals surface area contributed by atoms with Crippen molar-refractivity contribution in [3.63, 3.8) is 0 Å². The maximum Gasteiger partial charge on any atom is 0.0249 e. The van der Waals surface area contributed by atoms with Crippen LogP contribution in [-0.4, -0.2) is 30.9 Å². The van der Waals surface area contributed by atoms with Crippen molar-refractivity contribution in [2.75, 3.05) is 20.0 Å². The first kappa shape index (κ1) is 11.2. The summed E-state index contributed by atoms with van der Waals surface area (Å²) in [5.41, 5.74) is 0. The van der Waals surface area contributed by atoms with E-state index in [0.717, 1.165) is 5.88 Å². The van der Waals surface area contributed by atoms with Gasteiger partial charge in [0.2, 0.25) is 0 Å². The lowest BCUT2D eigenvalue weighted by Crippen LogP contribution is -2.29. The van der Waals surface area contributed by atoms with E-state index >= 15 is 0 Å². The molecule has 2 heteroatoms. The molecule has 0 aromatic rings. The van der Waals surface area contributed by atoms with Gasteiger partial charge in [-0.25, -0.2) is 0 Å². The van der Waals surface area contributed by atoms with E-state index in [0.29, 0.717) is 12.0 Å². The van der Waals surface area contributed by atoms with Crippen molar-refractivity contribution in [3.8, 4) is 0 Å². The van der Waals surface area contributed by atoms with E-state index in [2.05, 4.69) is 32.8 Å². The number of nitrogens with zero attached hydrogens (tertiary/aromatic N) is 1. The van der Waals surface area contributed by atoms with Crippen molar-refractivity contribution in [1.82, 2.24) is 4.90 Å². The smallest absolute Gasteiger partial charge is 0.0249 e. The molecule has 0 amide bonds. The Kier molecular flexibility index (Phi) is 5.98. The maximum atomic E-state index is 5.74. The highest BCUT2D eigenvalue weighted by Crippen LogP contribution is 2.13. The van der Waals surface area contributed by atoms with Crippen molar-refractivity contribution < 1.29 is 0 Å². The van der Waals surface area contributed by atoms with E-state index in [4.69, 9.17) is 11.6 Å². The Balaban J connectivity index is 3.68. The molecule has 68 valence electrons. The molecule has 0 aromatic carbocycles. The lowest BCUT2D eigenvalue weighted by Gasteiger charge is -2.24. The van der Waals surface area contributed by atoms with Gasteiger partial charge < -0.3 is 4.90 Å². The lowest BCUT2D eigenvalue weighted by molar-refractivity contribution is 0.249. The molecule has 0 radical (unpaired) electrons. The summed E-state index contributed by atoms with van der Waals surface area (Å²) in [6.07, 6.45) is 2.43. The largest absolute Gasteiger partial charge is 0.306 e. The molecule has 0 fully saturated rings. The summed E-state index contributed by atoms with van der Waals surface area (Å²) in [5, 5.41) is 0. The standard InChI is InChI=1S/C9H20ClN/c1-5-9(11(3)4)6-8(2)7-10/h8-9H,5-7H2,1-4H3. The third-order valence-electron chi connectivity index (χ3n) is 2.14. The number of hydrogen-bond donors (Lipinski definition) is 0. The van der Waals surface area contributed by atoms with Crippen LogP contribution in [0.1, 0.15) is 26.7 Å². The molecule has 0 rings (SSSR count). The van der Waals surface area contributed by atoms with Crippen LogP contribution in [0.5, 0.6) is 0 Å². The molecule has 0 bridgehead atoms. The van der Waals surface area contributed by atoms with Crippen LogP contribution in [0.3, 0.4) is 0 Å². The van der Waals surface area contributed by atoms with Gasteiger partial charge in [0.25, 0.3) is 0 Å². The summed E-state index contributed by atoms with van der Waals surface area (Å²) in [6, 6.07) is 0.698. The highest BCUT2D eigenvalue weighted by Gasteiger charge is 2.12. The average Bonchev–Trinajstić information content (AvgIpc) is 1.99. The molecule has 0 heterocycles. The molecule has 11 heavy (non-hydrogen) atoms. The van der Waals surface area contributed by atoms with Crippen LogP contribution in [0, 0.1) is 5.92 Å². The Hall–Kier alpha value is 0.250. The zero-order valence-corrected chi connectivity index (χ0v) is 8.86. The monoisotopic (exact) mass is 177 g/mol. The summed E-state index contributed by atoms with van der Waals surface area (Å²) in [5.74, 6) is 1.42. The lowest BCUT2D eigenvalue weighted by atomic mass is 10.0. The third kappa shape index (κ3) is 4.65. The van der Waals surface area contributed by atoms with E-state index < -0.39 is 0 Å². The second-order valence-electron chi connectivity index (χ2n) is 3.52. The molecule has 2 atom stereocenters. The van der Waals surface area contributed by atoms with Gasteiger partial charge in [-0.15, -0.1) is 11.6 Å². The van der Waals surface area contributed by atoms with Gasteiger partial charge in [-0.2, -0.15) is 0 Å². The Morgan fingerprint density at radius 3 is 2.18 bits per heavy atom. The average molecular weight is 178 g/mol. The van der Waals surface area contributed by atoms with Crippen molar-refractivity contribution >= 4 is 11.6 Å². The molecule has 0 aliphatic rings. The molecule has 0 saturated carbocycles. The summed E-state index contributed by atoms with van der Waals surface area (Å²) in [6.45, 7) is 4.44. The topological polar surface area (TPSA) is 3.24 Å². The van der Waals surface area contributed by atoms with E-state index in [-0.39, 0.29) is 0 Å². The number of rotatable bonds is 5. The molecule has 2 unspecified atom stereocenters. The van der Waals surface area contributed by atoms with Gasteiger partial charge in [-0.3, -0.25) is 0 Å². The summed E-state index contributed by atoms with van der Waals surface area (Å²) >= 11 is 5.74. The van der Waals surface area contributed by atoms with Crippen LogP contribution >= 0.6 is 11.6 Å². The zero-order chi connectivity index (χ0) is 8.85. The van der Waals surface area contributed by atoms with Crippen molar-refractivity contribution in [3.05, 3.63) is 0 Å². The minimum Gasteiger partial charge on any atom is -0.306 e. The maximum absolute atomic E-state index is 5.74. The Morgan fingerprint density at radius 1 is 1.36 bits per heavy atom. The number of alkyl halides is 1. The van der Waals surface area contributed by atoms with E-state index in [1.54, 1.807) is 0 Å². The van der Waals surface area contributed by atoms with Gasteiger partial charge >= 0.3 is 0 Å². The predicted octanol–water partition coefficient (Wildman–Crippen LogP) is 2.59. The Morgan fingerprint density at radius 2 is 1.91 bits per heavy atom. The predicted molar refractivity (Wildman–Crippen MR) is 52.3 cm³/mol. The first-order valence-electron chi connectivity index (χ1n) is 4.34. The first-order chi connectivity index (χ1) is 5.11. The van der Waals surface area contributed by atoms with E-state index in [9.17, 15) is 0 Å². The van der Waals surface area contributed by atoms with Crippen molar-refractivity contribution in [2.45, 2.75) is 32.7 Å². The molecule has 0 N–H and O–H groups in total. The van der Waals surface area contributed by atoms with Crippen molar-refractivity contribution in [2.24, 2.45) is 5.92 Å². The third-order valence-corrected chi connectivity index (χ3v) is 2.67. The summed E-state index contributed by atoms with van der Waals surface area (Å²) in [4.78, 5) is 2.28. The van der Waals surface area contributed by atoms with Gasteiger partial charge in [-0.05, 0) is 32.9 Å². The molecular formula is C9H20ClN.